The van der Waals surface area contributed by atoms with Crippen molar-refractivity contribution in [2.24, 2.45) is 0 Å². The molecular weight excluding hydrogens is 308 g/mol. The number of nitrogens with one attached hydrogen (secondary N) is 2. The average Bonchev–Trinajstić information content (AvgIpc) is 3.05. The quantitative estimate of drug-likeness (QED) is 0.710. The maximum absolute atomic E-state index is 12.1. The van der Waals surface area contributed by atoms with E-state index in [-0.39, 0.29) is 24.7 Å². The molecule has 2 amide bonds. The van der Waals surface area contributed by atoms with E-state index in [1.54, 1.807) is 7.11 Å². The number of benzene rings is 1. The number of ether oxygens (including phenoxy) is 2. The van der Waals surface area contributed by atoms with Gasteiger partial charge in [0.1, 0.15) is 0 Å². The van der Waals surface area contributed by atoms with Gasteiger partial charge in [-0.2, -0.15) is 0 Å². The molecule has 1 fully saturated rings. The van der Waals surface area contributed by atoms with E-state index < -0.39 is 6.10 Å². The largest absolute Gasteiger partial charge is 0.387 e. The van der Waals surface area contributed by atoms with Crippen LogP contribution in [0, 0.1) is 13.8 Å². The Morgan fingerprint density at radius 1 is 1.38 bits per heavy atom. The van der Waals surface area contributed by atoms with E-state index in [4.69, 9.17) is 9.47 Å². The van der Waals surface area contributed by atoms with Gasteiger partial charge in [0.05, 0.1) is 24.9 Å². The highest BCUT2D eigenvalue weighted by atomic mass is 16.5. The summed E-state index contributed by atoms with van der Waals surface area (Å²) >= 11 is 0. The lowest BCUT2D eigenvalue weighted by atomic mass is 10.0. The van der Waals surface area contributed by atoms with Crippen LogP contribution in [-0.2, 0) is 9.47 Å². The van der Waals surface area contributed by atoms with E-state index in [0.29, 0.717) is 6.61 Å². The first-order chi connectivity index (χ1) is 11.5. The zero-order chi connectivity index (χ0) is 17.5. The number of hydrogen-bond acceptors (Lipinski definition) is 4. The number of aliphatic hydroxyl groups is 1. The molecular formula is C18H28N2O4. The first kappa shape index (κ1) is 18.7. The molecule has 6 heteroatoms. The van der Waals surface area contributed by atoms with Crippen LogP contribution < -0.4 is 10.6 Å². The van der Waals surface area contributed by atoms with Crippen molar-refractivity contribution in [3.63, 3.8) is 0 Å². The van der Waals surface area contributed by atoms with E-state index in [0.717, 1.165) is 36.1 Å². The summed E-state index contributed by atoms with van der Waals surface area (Å²) in [6.07, 6.45) is 1.16. The molecule has 1 saturated heterocycles. The monoisotopic (exact) mass is 336 g/mol. The summed E-state index contributed by atoms with van der Waals surface area (Å²) < 4.78 is 10.8. The van der Waals surface area contributed by atoms with Gasteiger partial charge in [0.25, 0.3) is 0 Å². The van der Waals surface area contributed by atoms with Crippen molar-refractivity contribution < 1.29 is 19.4 Å². The van der Waals surface area contributed by atoms with E-state index in [1.807, 2.05) is 32.0 Å². The number of carbonyl (C=O) groups is 1. The van der Waals surface area contributed by atoms with Gasteiger partial charge < -0.3 is 25.2 Å². The third kappa shape index (κ3) is 5.47. The Labute approximate surface area is 143 Å². The number of rotatable bonds is 7. The van der Waals surface area contributed by atoms with Crippen LogP contribution in [0.3, 0.4) is 0 Å². The van der Waals surface area contributed by atoms with E-state index >= 15 is 0 Å². The van der Waals surface area contributed by atoms with Crippen LogP contribution in [0.25, 0.3) is 0 Å². The number of amides is 2. The Kier molecular flexibility index (Phi) is 7.02. The number of carbonyl (C=O) groups excluding carboxylic acids is 1. The minimum absolute atomic E-state index is 0.0138. The lowest BCUT2D eigenvalue weighted by Crippen LogP contribution is -2.50. The van der Waals surface area contributed by atoms with Crippen LogP contribution in [0.15, 0.2) is 18.2 Å². The van der Waals surface area contributed by atoms with Gasteiger partial charge in [0, 0.05) is 20.3 Å². The van der Waals surface area contributed by atoms with Crippen molar-refractivity contribution in [3.05, 3.63) is 34.9 Å². The molecule has 1 aromatic rings. The third-order valence-corrected chi connectivity index (χ3v) is 4.16. The Balaban J connectivity index is 1.84. The molecule has 3 atom stereocenters. The first-order valence-electron chi connectivity index (χ1n) is 8.40. The molecule has 0 aromatic heterocycles. The average molecular weight is 336 g/mol. The summed E-state index contributed by atoms with van der Waals surface area (Å²) in [7, 11) is 1.60. The van der Waals surface area contributed by atoms with Crippen LogP contribution in [0.4, 0.5) is 4.79 Å². The highest BCUT2D eigenvalue weighted by molar-refractivity contribution is 5.74. The standard InChI is InChI=1S/C18H28N2O4/c1-12-7-13(2)9-14(8-12)16(21)10-19-18(22)20-15(11-23-3)17-5-4-6-24-17/h7-9,15-17,21H,4-6,10-11H2,1-3H3,(H2,19,20,22)/t15-,16-,17-/m0/s1. The third-order valence-electron chi connectivity index (χ3n) is 4.16. The normalized spacial score (nSPS) is 19.8. The first-order valence-corrected chi connectivity index (χ1v) is 8.40. The number of aliphatic hydroxyl groups excluding tert-OH is 1. The van der Waals surface area contributed by atoms with Crippen LogP contribution >= 0.6 is 0 Å². The lowest BCUT2D eigenvalue weighted by molar-refractivity contribution is 0.0468. The fourth-order valence-electron chi connectivity index (χ4n) is 3.07. The van der Waals surface area contributed by atoms with E-state index in [1.165, 1.54) is 0 Å². The van der Waals surface area contributed by atoms with Crippen molar-refractivity contribution in [3.8, 4) is 0 Å². The smallest absolute Gasteiger partial charge is 0.315 e. The summed E-state index contributed by atoms with van der Waals surface area (Å²) in [5.41, 5.74) is 2.99. The second-order valence-corrected chi connectivity index (χ2v) is 6.40. The van der Waals surface area contributed by atoms with Gasteiger partial charge in [0.2, 0.25) is 0 Å². The second kappa shape index (κ2) is 9.01. The molecule has 1 aliphatic heterocycles. The number of aryl methyl sites for hydroxylation is 2. The van der Waals surface area contributed by atoms with Crippen LogP contribution in [-0.4, -0.2) is 50.2 Å². The molecule has 0 spiro atoms. The predicted molar refractivity (Wildman–Crippen MR) is 92.0 cm³/mol. The molecule has 24 heavy (non-hydrogen) atoms. The van der Waals surface area contributed by atoms with Crippen molar-refractivity contribution in [2.75, 3.05) is 26.9 Å². The molecule has 134 valence electrons. The lowest BCUT2D eigenvalue weighted by Gasteiger charge is -2.24. The minimum Gasteiger partial charge on any atom is -0.387 e. The minimum atomic E-state index is -0.738. The molecule has 2 rings (SSSR count). The molecule has 6 nitrogen and oxygen atoms in total. The second-order valence-electron chi connectivity index (χ2n) is 6.40. The SMILES string of the molecule is COC[C@H](NC(=O)NC[C@H](O)c1cc(C)cc(C)c1)[C@@H]1CCCO1. The van der Waals surface area contributed by atoms with Gasteiger partial charge in [0.15, 0.2) is 0 Å². The number of urea groups is 1. The van der Waals surface area contributed by atoms with Crippen molar-refractivity contribution in [2.45, 2.75) is 44.9 Å². The summed E-state index contributed by atoms with van der Waals surface area (Å²) in [6, 6.07) is 5.40. The molecule has 1 heterocycles. The van der Waals surface area contributed by atoms with Gasteiger partial charge in [-0.1, -0.05) is 29.3 Å². The molecule has 0 bridgehead atoms. The van der Waals surface area contributed by atoms with E-state index in [9.17, 15) is 9.90 Å². The highest BCUT2D eigenvalue weighted by Crippen LogP contribution is 2.17. The molecule has 0 radical (unpaired) electrons. The highest BCUT2D eigenvalue weighted by Gasteiger charge is 2.27. The summed E-state index contributed by atoms with van der Waals surface area (Å²) in [6.45, 7) is 5.25. The fourth-order valence-corrected chi connectivity index (χ4v) is 3.07. The zero-order valence-corrected chi connectivity index (χ0v) is 14.7. The number of methoxy groups -OCH3 is 1. The molecule has 1 aliphatic rings. The summed E-state index contributed by atoms with van der Waals surface area (Å²) in [5.74, 6) is 0. The van der Waals surface area contributed by atoms with Gasteiger partial charge in [-0.05, 0) is 32.3 Å². The maximum Gasteiger partial charge on any atom is 0.315 e. The maximum atomic E-state index is 12.1. The van der Waals surface area contributed by atoms with Crippen molar-refractivity contribution in [1.29, 1.82) is 0 Å². The van der Waals surface area contributed by atoms with Crippen LogP contribution in [0.5, 0.6) is 0 Å². The Hall–Kier alpha value is -1.63. The Morgan fingerprint density at radius 3 is 2.67 bits per heavy atom. The predicted octanol–water partition coefficient (Wildman–Crippen LogP) is 1.83. The van der Waals surface area contributed by atoms with Gasteiger partial charge in [-0.25, -0.2) is 4.79 Å². The Morgan fingerprint density at radius 2 is 2.08 bits per heavy atom. The molecule has 0 aliphatic carbocycles. The molecule has 0 unspecified atom stereocenters. The van der Waals surface area contributed by atoms with Crippen LogP contribution in [0.1, 0.15) is 35.6 Å². The van der Waals surface area contributed by atoms with Crippen molar-refractivity contribution >= 4 is 6.03 Å². The van der Waals surface area contributed by atoms with Crippen LogP contribution in [0.2, 0.25) is 0 Å². The van der Waals surface area contributed by atoms with Gasteiger partial charge >= 0.3 is 6.03 Å². The fraction of sp³-hybridized carbons (Fsp3) is 0.611. The van der Waals surface area contributed by atoms with E-state index in [2.05, 4.69) is 10.6 Å². The van der Waals surface area contributed by atoms with Crippen molar-refractivity contribution in [1.82, 2.24) is 10.6 Å². The summed E-state index contributed by atoms with van der Waals surface area (Å²) in [5, 5.41) is 15.9. The molecule has 1 aromatic carbocycles. The Bertz CT molecular complexity index is 524. The molecule has 3 N–H and O–H groups in total. The zero-order valence-electron chi connectivity index (χ0n) is 14.7. The van der Waals surface area contributed by atoms with Gasteiger partial charge in [-0.3, -0.25) is 0 Å². The topological polar surface area (TPSA) is 79.8 Å². The molecule has 0 saturated carbocycles. The number of hydrogen-bond donors (Lipinski definition) is 3. The summed E-state index contributed by atoms with van der Waals surface area (Å²) in [4.78, 5) is 12.1. The van der Waals surface area contributed by atoms with Gasteiger partial charge in [-0.15, -0.1) is 0 Å².